The number of hydrogen-bond donors (Lipinski definition) is 0. The SMILES string of the molecule is CC(C)(C)c1ccnc(-n2c3[c-]c(Oc4[c-]c(N5[CH-]N(C6=C(c7ccccc7)C=CB7C=CC(c8ccc9c(c8)C(C)(C)CCC9(C)C)=CN76)c6ccccc65)ccc4)ccc3c3ccccc32)c1.[Pt]. The van der Waals surface area contributed by atoms with Crippen molar-refractivity contribution in [3.8, 4) is 17.3 Å². The van der Waals surface area contributed by atoms with Gasteiger partial charge in [-0.15, -0.1) is 48.1 Å². The minimum absolute atomic E-state index is 0. The van der Waals surface area contributed by atoms with Gasteiger partial charge in [0.25, 0.3) is 0 Å². The van der Waals surface area contributed by atoms with Crippen molar-refractivity contribution in [3.05, 3.63) is 228 Å². The first-order valence-electron chi connectivity index (χ1n) is 24.3. The van der Waals surface area contributed by atoms with E-state index in [2.05, 4.69) is 238 Å². The fourth-order valence-electron chi connectivity index (χ4n) is 10.8. The Balaban J connectivity index is 0.00000533. The number of ether oxygens (including phenoxy) is 1. The zero-order valence-electron chi connectivity index (χ0n) is 40.8. The molecule has 0 unspecified atom stereocenters. The van der Waals surface area contributed by atoms with E-state index < -0.39 is 0 Å². The number of benzene rings is 6. The number of hydrogen-bond acceptors (Lipinski definition) is 5. The van der Waals surface area contributed by atoms with Crippen LogP contribution in [-0.2, 0) is 37.3 Å². The van der Waals surface area contributed by atoms with E-state index >= 15 is 0 Å². The molecule has 4 aliphatic rings. The van der Waals surface area contributed by atoms with Gasteiger partial charge in [0.1, 0.15) is 5.82 Å². The predicted octanol–water partition coefficient (Wildman–Crippen LogP) is 15.2. The zero-order valence-corrected chi connectivity index (χ0v) is 43.0. The van der Waals surface area contributed by atoms with Crippen LogP contribution in [0.15, 0.2) is 182 Å². The van der Waals surface area contributed by atoms with Gasteiger partial charge >= 0.3 is 6.85 Å². The van der Waals surface area contributed by atoms with Crippen LogP contribution in [0.3, 0.4) is 0 Å². The van der Waals surface area contributed by atoms with Crippen LogP contribution in [0.5, 0.6) is 11.5 Å². The topological polar surface area (TPSA) is 36.8 Å². The summed E-state index contributed by atoms with van der Waals surface area (Å²) in [5.74, 6) is 7.78. The molecule has 0 saturated heterocycles. The van der Waals surface area contributed by atoms with Crippen LogP contribution in [-0.4, -0.2) is 21.2 Å². The summed E-state index contributed by atoms with van der Waals surface area (Å²) in [5, 5.41) is 2.23. The molecule has 350 valence electrons. The predicted molar refractivity (Wildman–Crippen MR) is 286 cm³/mol. The maximum absolute atomic E-state index is 6.70. The third-order valence-corrected chi connectivity index (χ3v) is 14.8. The van der Waals surface area contributed by atoms with Crippen LogP contribution >= 0.6 is 0 Å². The Hall–Kier alpha value is -6.82. The molecule has 6 aromatic carbocycles. The molecule has 12 rings (SSSR count). The van der Waals surface area contributed by atoms with Gasteiger partial charge in [0.2, 0.25) is 0 Å². The number of aromatic nitrogens is 2. The standard InChI is InChI=1S/C62H55BN5O.Pt/c1-60(2,3)45-30-35-64-58(37-45)68-54-21-12-11-20-50(54)51-26-25-48(39-57(51)68)69-47-19-15-18-46(38-47)65-41-66(56-23-14-13-22-55(56)65)59-49(42-16-9-8-10-17-42)29-34-63-33-28-44(40-67(59)63)43-24-27-52-53(36-43)62(6,7)32-31-61(52,4)5;/h8-30,33-37,40-41H,31-32H2,1-7H3;/q-3;. The Morgan fingerprint density at radius 3 is 2.17 bits per heavy atom. The van der Waals surface area contributed by atoms with E-state index in [9.17, 15) is 0 Å². The number of allylic oxidation sites excluding steroid dienone is 4. The molecule has 6 nitrogen and oxygen atoms in total. The number of nitrogens with zero attached hydrogens (tertiary/aromatic N) is 5. The molecular formula is C62H55BN5OPt-3. The van der Waals surface area contributed by atoms with Crippen LogP contribution in [0.2, 0.25) is 0 Å². The quantitative estimate of drug-likeness (QED) is 0.117. The maximum Gasteiger partial charge on any atom is 0.314 e. The number of rotatable bonds is 7. The summed E-state index contributed by atoms with van der Waals surface area (Å²) in [4.78, 5) is 11.9. The minimum atomic E-state index is -0.0279. The Labute approximate surface area is 427 Å². The van der Waals surface area contributed by atoms with Crippen molar-refractivity contribution >= 4 is 56.9 Å². The zero-order chi connectivity index (χ0) is 47.2. The van der Waals surface area contributed by atoms with Crippen molar-refractivity contribution in [2.24, 2.45) is 0 Å². The van der Waals surface area contributed by atoms with Crippen molar-refractivity contribution in [1.82, 2.24) is 14.4 Å². The molecule has 0 fully saturated rings. The van der Waals surface area contributed by atoms with Gasteiger partial charge in [-0.05, 0) is 98.2 Å². The molecule has 8 heteroatoms. The molecule has 8 aromatic rings. The second kappa shape index (κ2) is 17.2. The Morgan fingerprint density at radius 1 is 0.657 bits per heavy atom. The summed E-state index contributed by atoms with van der Waals surface area (Å²) in [7, 11) is 0. The monoisotopic (exact) mass is 1090 g/mol. The van der Waals surface area contributed by atoms with Crippen molar-refractivity contribution in [2.75, 3.05) is 9.80 Å². The summed E-state index contributed by atoms with van der Waals surface area (Å²) in [6.45, 7) is 18.5. The summed E-state index contributed by atoms with van der Waals surface area (Å²) in [5.41, 5.74) is 14.1. The van der Waals surface area contributed by atoms with Gasteiger partial charge in [-0.1, -0.05) is 157 Å². The van der Waals surface area contributed by atoms with Gasteiger partial charge in [0, 0.05) is 67.4 Å². The van der Waals surface area contributed by atoms with E-state index in [0.29, 0.717) is 11.5 Å². The van der Waals surface area contributed by atoms with E-state index in [1.807, 2.05) is 24.4 Å². The van der Waals surface area contributed by atoms with Gasteiger partial charge in [-0.2, -0.15) is 12.1 Å². The van der Waals surface area contributed by atoms with Gasteiger partial charge in [-0.3, -0.25) is 0 Å². The third kappa shape index (κ3) is 7.83. The second-order valence-corrected chi connectivity index (χ2v) is 21.3. The number of fused-ring (bicyclic) bond motifs is 6. The maximum atomic E-state index is 6.70. The molecule has 3 aliphatic heterocycles. The smallest absolute Gasteiger partial charge is 0.314 e. The molecule has 0 spiro atoms. The average molecular weight is 1090 g/mol. The molecule has 1 aliphatic carbocycles. The molecule has 5 heterocycles. The van der Waals surface area contributed by atoms with Crippen molar-refractivity contribution in [1.29, 1.82) is 0 Å². The molecule has 0 radical (unpaired) electrons. The van der Waals surface area contributed by atoms with Gasteiger partial charge in [0.15, 0.2) is 0 Å². The molecular weight excluding hydrogens is 1040 g/mol. The Morgan fingerprint density at radius 2 is 1.37 bits per heavy atom. The Kier molecular flexibility index (Phi) is 11.2. The average Bonchev–Trinajstić information content (AvgIpc) is 3.91. The summed E-state index contributed by atoms with van der Waals surface area (Å²) in [6, 6.07) is 56.9. The normalized spacial score (nSPS) is 16.8. The van der Waals surface area contributed by atoms with Gasteiger partial charge in [-0.25, -0.2) is 4.98 Å². The minimum Gasteiger partial charge on any atom is -0.509 e. The van der Waals surface area contributed by atoms with E-state index in [-0.39, 0.29) is 44.2 Å². The molecule has 70 heavy (non-hydrogen) atoms. The first kappa shape index (κ1) is 45.6. The molecule has 0 atom stereocenters. The largest absolute Gasteiger partial charge is 0.509 e. The molecule has 0 amide bonds. The second-order valence-electron chi connectivity index (χ2n) is 21.3. The van der Waals surface area contributed by atoms with Gasteiger partial charge in [0.05, 0.1) is 5.82 Å². The first-order chi connectivity index (χ1) is 33.3. The van der Waals surface area contributed by atoms with Crippen LogP contribution < -0.4 is 14.5 Å². The third-order valence-electron chi connectivity index (χ3n) is 14.8. The molecule has 0 bridgehead atoms. The molecule has 0 N–H and O–H groups in total. The van der Waals surface area contributed by atoms with E-state index in [1.54, 1.807) is 0 Å². The van der Waals surface area contributed by atoms with E-state index in [4.69, 9.17) is 9.72 Å². The summed E-state index contributed by atoms with van der Waals surface area (Å²) >= 11 is 0. The van der Waals surface area contributed by atoms with Gasteiger partial charge < -0.3 is 23.9 Å². The summed E-state index contributed by atoms with van der Waals surface area (Å²) < 4.78 is 8.90. The van der Waals surface area contributed by atoms with Crippen molar-refractivity contribution in [2.45, 2.75) is 77.6 Å². The number of anilines is 3. The van der Waals surface area contributed by atoms with Crippen LogP contribution in [0.4, 0.5) is 17.1 Å². The fourth-order valence-corrected chi connectivity index (χ4v) is 10.8. The number of para-hydroxylation sites is 3. The fraction of sp³-hybridized carbons (Fsp3) is 0.194. The van der Waals surface area contributed by atoms with Crippen LogP contribution in [0.1, 0.15) is 89.1 Å². The number of pyridine rings is 1. The van der Waals surface area contributed by atoms with Crippen molar-refractivity contribution in [3.63, 3.8) is 0 Å². The first-order valence-corrected chi connectivity index (χ1v) is 24.3. The Bertz CT molecular complexity index is 3480. The van der Waals surface area contributed by atoms with E-state index in [1.165, 1.54) is 40.7 Å². The molecule has 2 aromatic heterocycles. The van der Waals surface area contributed by atoms with E-state index in [0.717, 1.165) is 61.6 Å². The van der Waals surface area contributed by atoms with Crippen LogP contribution in [0.25, 0.3) is 38.8 Å². The summed E-state index contributed by atoms with van der Waals surface area (Å²) in [6.07, 6.45) is 11.2. The molecule has 0 saturated carbocycles. The van der Waals surface area contributed by atoms with Crippen molar-refractivity contribution < 1.29 is 25.8 Å². The van der Waals surface area contributed by atoms with Crippen LogP contribution in [0, 0.1) is 18.8 Å².